The summed E-state index contributed by atoms with van der Waals surface area (Å²) in [6.45, 7) is 7.90. The highest BCUT2D eigenvalue weighted by Gasteiger charge is 2.37. The summed E-state index contributed by atoms with van der Waals surface area (Å²) in [5.74, 6) is -1.97. The molecule has 0 aliphatic carbocycles. The predicted octanol–water partition coefficient (Wildman–Crippen LogP) is 5.93. The van der Waals surface area contributed by atoms with Crippen LogP contribution in [-0.2, 0) is 30.2 Å². The second kappa shape index (κ2) is 18.9. The van der Waals surface area contributed by atoms with Crippen molar-refractivity contribution in [2.45, 2.75) is 110 Å². The number of ether oxygens (including phenoxy) is 5. The molecule has 0 aromatic heterocycles. The van der Waals surface area contributed by atoms with Crippen molar-refractivity contribution in [3.8, 4) is 11.5 Å². The third kappa shape index (κ3) is 13.6. The lowest BCUT2D eigenvalue weighted by molar-refractivity contribution is -0.153. The van der Waals surface area contributed by atoms with Gasteiger partial charge in [0.2, 0.25) is 0 Å². The topological polar surface area (TPSA) is 161 Å². The Bertz CT molecular complexity index is 951. The molecule has 0 bridgehead atoms. The summed E-state index contributed by atoms with van der Waals surface area (Å²) >= 11 is 0. The molecule has 0 saturated heterocycles. The zero-order chi connectivity index (χ0) is 30.0. The Kier molecular flexibility index (Phi) is 16.4. The molecule has 11 heteroatoms. The highest BCUT2D eigenvalue weighted by atomic mass is 16.7. The average molecular weight is 568 g/mol. The highest BCUT2D eigenvalue weighted by Crippen LogP contribution is 2.31. The standard InChI is InChI=1S/C29H45NO10/c1-5-8-11-16-36-27(34)39-23-15-14-22(18-24(23)40-28(35)37-17-12-9-6-2)20-29(30,26(32)33)19-21(4)38-25(31)13-10-7-3/h14-15,18,21H,5-13,16-17,19-20,30H2,1-4H3,(H,32,33)/t21-,29?/m0/s1. The van der Waals surface area contributed by atoms with Gasteiger partial charge in [0.1, 0.15) is 11.6 Å². The molecule has 40 heavy (non-hydrogen) atoms. The summed E-state index contributed by atoms with van der Waals surface area (Å²) in [4.78, 5) is 48.6. The van der Waals surface area contributed by atoms with E-state index in [-0.39, 0.29) is 44.0 Å². The van der Waals surface area contributed by atoms with Crippen LogP contribution in [0.2, 0.25) is 0 Å². The van der Waals surface area contributed by atoms with Gasteiger partial charge in [-0.05, 0) is 43.9 Å². The zero-order valence-corrected chi connectivity index (χ0v) is 24.2. The van der Waals surface area contributed by atoms with E-state index in [0.29, 0.717) is 24.8 Å². The molecule has 0 heterocycles. The monoisotopic (exact) mass is 567 g/mol. The van der Waals surface area contributed by atoms with Gasteiger partial charge in [-0.1, -0.05) is 58.9 Å². The number of benzene rings is 1. The van der Waals surface area contributed by atoms with Gasteiger partial charge in [-0.2, -0.15) is 0 Å². The minimum atomic E-state index is -1.80. The summed E-state index contributed by atoms with van der Waals surface area (Å²) in [6, 6.07) is 4.22. The van der Waals surface area contributed by atoms with Crippen LogP contribution in [0, 0.1) is 0 Å². The Hall–Kier alpha value is -3.34. The Morgan fingerprint density at radius 1 is 0.850 bits per heavy atom. The van der Waals surface area contributed by atoms with Gasteiger partial charge in [0, 0.05) is 19.3 Å². The van der Waals surface area contributed by atoms with Gasteiger partial charge in [0.25, 0.3) is 0 Å². The molecule has 0 amide bonds. The SMILES string of the molecule is CCCCCOC(=O)Oc1ccc(CC(N)(C[C@H](C)OC(=O)CCCC)C(=O)O)cc1OC(=O)OCCCCC. The maximum atomic E-state index is 12.3. The molecule has 11 nitrogen and oxygen atoms in total. The number of hydrogen-bond donors (Lipinski definition) is 2. The Balaban J connectivity index is 3.07. The molecule has 3 N–H and O–H groups in total. The van der Waals surface area contributed by atoms with E-state index in [0.717, 1.165) is 32.1 Å². The molecule has 0 fully saturated rings. The highest BCUT2D eigenvalue weighted by molar-refractivity contribution is 5.79. The first-order valence-electron chi connectivity index (χ1n) is 14.1. The van der Waals surface area contributed by atoms with Crippen molar-refractivity contribution in [1.29, 1.82) is 0 Å². The molecule has 0 spiro atoms. The molecular formula is C29H45NO10. The quantitative estimate of drug-likeness (QED) is 0.0881. The molecule has 0 radical (unpaired) electrons. The number of rotatable bonds is 19. The summed E-state index contributed by atoms with van der Waals surface area (Å²) in [5, 5.41) is 9.91. The third-order valence-corrected chi connectivity index (χ3v) is 5.99. The number of carboxylic acids is 1. The summed E-state index contributed by atoms with van der Waals surface area (Å²) in [6.07, 6.45) is 3.68. The largest absolute Gasteiger partial charge is 0.513 e. The molecule has 0 aliphatic rings. The Morgan fingerprint density at radius 2 is 1.40 bits per heavy atom. The fourth-order valence-electron chi connectivity index (χ4n) is 3.84. The van der Waals surface area contributed by atoms with E-state index in [1.807, 2.05) is 20.8 Å². The van der Waals surface area contributed by atoms with E-state index < -0.39 is 35.9 Å². The zero-order valence-electron chi connectivity index (χ0n) is 24.2. The van der Waals surface area contributed by atoms with Crippen LogP contribution in [-0.4, -0.2) is 54.2 Å². The second-order valence-corrected chi connectivity index (χ2v) is 9.84. The van der Waals surface area contributed by atoms with Crippen molar-refractivity contribution in [2.24, 2.45) is 5.73 Å². The van der Waals surface area contributed by atoms with Crippen molar-refractivity contribution >= 4 is 24.2 Å². The maximum absolute atomic E-state index is 12.3. The lowest BCUT2D eigenvalue weighted by Crippen LogP contribution is -2.52. The van der Waals surface area contributed by atoms with Crippen LogP contribution in [0.3, 0.4) is 0 Å². The third-order valence-electron chi connectivity index (χ3n) is 5.99. The van der Waals surface area contributed by atoms with Crippen LogP contribution in [0.25, 0.3) is 0 Å². The maximum Gasteiger partial charge on any atom is 0.513 e. The van der Waals surface area contributed by atoms with Crippen LogP contribution in [0.5, 0.6) is 11.5 Å². The van der Waals surface area contributed by atoms with E-state index in [4.69, 9.17) is 29.4 Å². The van der Waals surface area contributed by atoms with Gasteiger partial charge >= 0.3 is 24.2 Å². The minimum absolute atomic E-state index is 0.106. The normalized spacial score (nSPS) is 13.0. The molecule has 226 valence electrons. The van der Waals surface area contributed by atoms with Gasteiger partial charge < -0.3 is 34.5 Å². The lowest BCUT2D eigenvalue weighted by Gasteiger charge is -2.28. The predicted molar refractivity (Wildman–Crippen MR) is 147 cm³/mol. The van der Waals surface area contributed by atoms with Crippen LogP contribution in [0.15, 0.2) is 18.2 Å². The van der Waals surface area contributed by atoms with Gasteiger partial charge in [-0.25, -0.2) is 9.59 Å². The smallest absolute Gasteiger partial charge is 0.480 e. The number of esters is 1. The molecule has 1 aromatic carbocycles. The van der Waals surface area contributed by atoms with Gasteiger partial charge in [0.05, 0.1) is 13.2 Å². The van der Waals surface area contributed by atoms with Crippen LogP contribution >= 0.6 is 0 Å². The molecule has 1 unspecified atom stereocenters. The molecular weight excluding hydrogens is 522 g/mol. The van der Waals surface area contributed by atoms with Gasteiger partial charge in [0.15, 0.2) is 11.5 Å². The molecule has 2 atom stereocenters. The fraction of sp³-hybridized carbons (Fsp3) is 0.655. The fourth-order valence-corrected chi connectivity index (χ4v) is 3.84. The molecule has 1 aromatic rings. The average Bonchev–Trinajstić information content (AvgIpc) is 2.89. The molecule has 0 aliphatic heterocycles. The number of hydrogen-bond acceptors (Lipinski definition) is 10. The van der Waals surface area contributed by atoms with Crippen molar-refractivity contribution in [3.63, 3.8) is 0 Å². The number of carboxylic acid groups (broad SMARTS) is 1. The van der Waals surface area contributed by atoms with Crippen LogP contribution in [0.1, 0.15) is 97.5 Å². The first kappa shape index (κ1) is 34.7. The number of carbonyl (C=O) groups excluding carboxylic acids is 3. The van der Waals surface area contributed by atoms with Crippen LogP contribution in [0.4, 0.5) is 9.59 Å². The number of unbranched alkanes of at least 4 members (excludes halogenated alkanes) is 5. The van der Waals surface area contributed by atoms with E-state index in [9.17, 15) is 24.3 Å². The van der Waals surface area contributed by atoms with E-state index in [2.05, 4.69) is 0 Å². The number of aliphatic carboxylic acids is 1. The Labute approximate surface area is 236 Å². The summed E-state index contributed by atoms with van der Waals surface area (Å²) in [7, 11) is 0. The molecule has 0 saturated carbocycles. The Morgan fingerprint density at radius 3 is 1.93 bits per heavy atom. The van der Waals surface area contributed by atoms with Gasteiger partial charge in [-0.3, -0.25) is 9.59 Å². The number of nitrogens with two attached hydrogens (primary N) is 1. The number of carbonyl (C=O) groups is 4. The van der Waals surface area contributed by atoms with Crippen molar-refractivity contribution in [3.05, 3.63) is 23.8 Å². The van der Waals surface area contributed by atoms with E-state index in [1.54, 1.807) is 6.92 Å². The summed E-state index contributed by atoms with van der Waals surface area (Å²) < 4.78 is 26.1. The first-order chi connectivity index (χ1) is 19.0. The van der Waals surface area contributed by atoms with E-state index >= 15 is 0 Å². The first-order valence-corrected chi connectivity index (χ1v) is 14.1. The second-order valence-electron chi connectivity index (χ2n) is 9.84. The lowest BCUT2D eigenvalue weighted by atomic mass is 9.86. The van der Waals surface area contributed by atoms with Crippen molar-refractivity contribution in [2.75, 3.05) is 13.2 Å². The minimum Gasteiger partial charge on any atom is -0.480 e. The van der Waals surface area contributed by atoms with Crippen LogP contribution < -0.4 is 15.2 Å². The summed E-state index contributed by atoms with van der Waals surface area (Å²) in [5.41, 5.74) is 4.84. The molecule has 1 rings (SSSR count). The van der Waals surface area contributed by atoms with Crippen molar-refractivity contribution in [1.82, 2.24) is 0 Å². The van der Waals surface area contributed by atoms with Gasteiger partial charge in [-0.15, -0.1) is 0 Å². The van der Waals surface area contributed by atoms with Crippen molar-refractivity contribution < 1.29 is 48.0 Å². The van der Waals surface area contributed by atoms with E-state index in [1.165, 1.54) is 18.2 Å².